The van der Waals surface area contributed by atoms with Crippen molar-refractivity contribution in [2.45, 2.75) is 84.0 Å². The first kappa shape index (κ1) is 24.7. The van der Waals surface area contributed by atoms with Gasteiger partial charge in [0.1, 0.15) is 0 Å². The summed E-state index contributed by atoms with van der Waals surface area (Å²) in [5.41, 5.74) is 0.744. The van der Waals surface area contributed by atoms with Gasteiger partial charge in [0.2, 0.25) is 0 Å². The number of carbonyl (C=O) groups is 1. The molecule has 1 aromatic carbocycles. The Labute approximate surface area is 174 Å². The minimum absolute atomic E-state index is 0.0333. The molecule has 3 nitrogen and oxygen atoms in total. The first-order valence-corrected chi connectivity index (χ1v) is 11.7. The zero-order chi connectivity index (χ0) is 20.5. The number of hydrogen-bond donors (Lipinski definition) is 1. The smallest absolute Gasteiger partial charge is 0.251 e. The molecular weight excluding hydrogens is 344 g/mol. The summed E-state index contributed by atoms with van der Waals surface area (Å²) in [5.74, 6) is 0.0333. The fraction of sp³-hybridized carbons (Fsp3) is 0.720. The van der Waals surface area contributed by atoms with Gasteiger partial charge < -0.3 is 9.80 Å². The number of unbranched alkanes of at least 4 members (excludes halogenated alkanes) is 11. The number of likely N-dealkylation sites (N-methyl/N-ethyl adjacent to an activating group) is 1. The fourth-order valence-electron chi connectivity index (χ4n) is 3.66. The van der Waals surface area contributed by atoms with E-state index >= 15 is 0 Å². The molecule has 0 aliphatic rings. The average Bonchev–Trinajstić information content (AvgIpc) is 2.69. The molecule has 0 saturated heterocycles. The van der Waals surface area contributed by atoms with Crippen LogP contribution in [0, 0.1) is 0 Å². The molecule has 1 rings (SSSR count). The van der Waals surface area contributed by atoms with Gasteiger partial charge in [-0.2, -0.15) is 0 Å². The zero-order valence-electron chi connectivity index (χ0n) is 18.8. The van der Waals surface area contributed by atoms with Crippen molar-refractivity contribution in [1.29, 1.82) is 0 Å². The molecule has 0 heterocycles. The lowest BCUT2D eigenvalue weighted by Crippen LogP contribution is -2.45. The molecule has 0 bridgehead atoms. The average molecular weight is 390 g/mol. The lowest BCUT2D eigenvalue weighted by molar-refractivity contribution is -0.889. The number of nitrogens with zero attached hydrogens (tertiary/aromatic N) is 1. The molecule has 0 saturated carbocycles. The summed E-state index contributed by atoms with van der Waals surface area (Å²) in [7, 11) is 4.54. The van der Waals surface area contributed by atoms with E-state index in [1.165, 1.54) is 83.6 Å². The summed E-state index contributed by atoms with van der Waals surface area (Å²) in [6, 6.07) is 9.47. The number of benzene rings is 1. The van der Waals surface area contributed by atoms with Gasteiger partial charge in [-0.05, 0) is 25.0 Å². The molecule has 1 amide bonds. The SMILES string of the molecule is CCCCCCCCCCCCCC[N+](C)(C)CCNC(=O)c1ccccc1. The summed E-state index contributed by atoms with van der Waals surface area (Å²) in [6.45, 7) is 5.19. The van der Waals surface area contributed by atoms with Crippen molar-refractivity contribution < 1.29 is 9.28 Å². The van der Waals surface area contributed by atoms with Crippen LogP contribution in [0.4, 0.5) is 0 Å². The van der Waals surface area contributed by atoms with Crippen molar-refractivity contribution in [1.82, 2.24) is 5.32 Å². The molecule has 0 spiro atoms. The number of quaternary nitrogens is 1. The van der Waals surface area contributed by atoms with Crippen LogP contribution in [0.2, 0.25) is 0 Å². The van der Waals surface area contributed by atoms with E-state index in [-0.39, 0.29) is 5.91 Å². The van der Waals surface area contributed by atoms with Gasteiger partial charge >= 0.3 is 0 Å². The lowest BCUT2D eigenvalue weighted by atomic mass is 10.1. The monoisotopic (exact) mass is 389 g/mol. The van der Waals surface area contributed by atoms with Crippen LogP contribution < -0.4 is 5.32 Å². The van der Waals surface area contributed by atoms with E-state index < -0.39 is 0 Å². The number of carbonyl (C=O) groups excluding carboxylic acids is 1. The van der Waals surface area contributed by atoms with Gasteiger partial charge in [0.25, 0.3) is 5.91 Å². The molecule has 0 unspecified atom stereocenters. The Bertz CT molecular complexity index is 499. The molecule has 3 heteroatoms. The normalized spacial score (nSPS) is 11.5. The van der Waals surface area contributed by atoms with Crippen molar-refractivity contribution in [3.63, 3.8) is 0 Å². The third kappa shape index (κ3) is 12.9. The third-order valence-corrected chi connectivity index (χ3v) is 5.66. The van der Waals surface area contributed by atoms with Crippen LogP contribution >= 0.6 is 0 Å². The van der Waals surface area contributed by atoms with Gasteiger partial charge in [-0.15, -0.1) is 0 Å². The zero-order valence-corrected chi connectivity index (χ0v) is 18.8. The Hall–Kier alpha value is -1.35. The van der Waals surface area contributed by atoms with Gasteiger partial charge in [0.05, 0.1) is 33.7 Å². The number of amides is 1. The lowest BCUT2D eigenvalue weighted by Gasteiger charge is -2.30. The highest BCUT2D eigenvalue weighted by Gasteiger charge is 2.15. The van der Waals surface area contributed by atoms with Gasteiger partial charge in [-0.3, -0.25) is 4.79 Å². The van der Waals surface area contributed by atoms with Gasteiger partial charge in [0, 0.05) is 5.56 Å². The van der Waals surface area contributed by atoms with Crippen LogP contribution in [0.3, 0.4) is 0 Å². The molecule has 0 aliphatic heterocycles. The Balaban J connectivity index is 1.95. The summed E-state index contributed by atoms with van der Waals surface area (Å²) in [5, 5.41) is 3.05. The first-order valence-electron chi connectivity index (χ1n) is 11.7. The fourth-order valence-corrected chi connectivity index (χ4v) is 3.66. The summed E-state index contributed by atoms with van der Waals surface area (Å²) in [6.07, 6.45) is 16.7. The van der Waals surface area contributed by atoms with Crippen LogP contribution in [0.15, 0.2) is 30.3 Å². The molecule has 160 valence electrons. The van der Waals surface area contributed by atoms with Crippen molar-refractivity contribution in [2.75, 3.05) is 33.7 Å². The quantitative estimate of drug-likeness (QED) is 0.250. The van der Waals surface area contributed by atoms with Crippen molar-refractivity contribution in [2.24, 2.45) is 0 Å². The number of hydrogen-bond acceptors (Lipinski definition) is 1. The topological polar surface area (TPSA) is 29.1 Å². The molecule has 1 aromatic rings. The van der Waals surface area contributed by atoms with Crippen LogP contribution in [-0.2, 0) is 0 Å². The summed E-state index contributed by atoms with van der Waals surface area (Å²) >= 11 is 0. The maximum atomic E-state index is 12.1. The minimum Gasteiger partial charge on any atom is -0.346 e. The highest BCUT2D eigenvalue weighted by molar-refractivity contribution is 5.94. The van der Waals surface area contributed by atoms with Crippen LogP contribution in [-0.4, -0.2) is 44.1 Å². The molecule has 28 heavy (non-hydrogen) atoms. The standard InChI is InChI=1S/C25H44N2O/c1-4-5-6-7-8-9-10-11-12-13-14-18-22-27(2,3)23-21-26-25(28)24-19-16-15-17-20-24/h15-17,19-20H,4-14,18,21-23H2,1-3H3/p+1. The maximum absolute atomic E-state index is 12.1. The van der Waals surface area contributed by atoms with Gasteiger partial charge in [-0.25, -0.2) is 0 Å². The molecule has 0 atom stereocenters. The largest absolute Gasteiger partial charge is 0.346 e. The van der Waals surface area contributed by atoms with Gasteiger partial charge in [0.15, 0.2) is 0 Å². The molecule has 0 aliphatic carbocycles. The van der Waals surface area contributed by atoms with E-state index in [1.54, 1.807) is 0 Å². The van der Waals surface area contributed by atoms with E-state index in [4.69, 9.17) is 0 Å². The second kappa shape index (κ2) is 15.6. The van der Waals surface area contributed by atoms with Crippen LogP contribution in [0.1, 0.15) is 94.3 Å². The second-order valence-corrected chi connectivity index (χ2v) is 8.89. The van der Waals surface area contributed by atoms with Crippen LogP contribution in [0.5, 0.6) is 0 Å². The Morgan fingerprint density at radius 3 is 1.79 bits per heavy atom. The molecule has 0 fully saturated rings. The van der Waals surface area contributed by atoms with E-state index in [0.717, 1.165) is 23.1 Å². The maximum Gasteiger partial charge on any atom is 0.251 e. The predicted molar refractivity (Wildman–Crippen MR) is 122 cm³/mol. The van der Waals surface area contributed by atoms with Crippen LogP contribution in [0.25, 0.3) is 0 Å². The summed E-state index contributed by atoms with van der Waals surface area (Å²) < 4.78 is 0.979. The number of nitrogens with one attached hydrogen (secondary N) is 1. The predicted octanol–water partition coefficient (Wildman–Crippen LogP) is 6.19. The Morgan fingerprint density at radius 2 is 1.25 bits per heavy atom. The minimum atomic E-state index is 0.0333. The third-order valence-electron chi connectivity index (χ3n) is 5.66. The highest BCUT2D eigenvalue weighted by atomic mass is 16.1. The van der Waals surface area contributed by atoms with E-state index in [1.807, 2.05) is 30.3 Å². The second-order valence-electron chi connectivity index (χ2n) is 8.89. The molecule has 0 radical (unpaired) electrons. The number of rotatable bonds is 17. The van der Waals surface area contributed by atoms with E-state index in [2.05, 4.69) is 26.3 Å². The first-order chi connectivity index (χ1) is 13.5. The molecular formula is C25H45N2O+. The van der Waals surface area contributed by atoms with Crippen molar-refractivity contribution in [3.8, 4) is 0 Å². The Kier molecular flexibility index (Phi) is 13.7. The molecule has 0 aromatic heterocycles. The summed E-state index contributed by atoms with van der Waals surface area (Å²) in [4.78, 5) is 12.1. The van der Waals surface area contributed by atoms with E-state index in [0.29, 0.717) is 0 Å². The molecule has 1 N–H and O–H groups in total. The van der Waals surface area contributed by atoms with Gasteiger partial charge in [-0.1, -0.05) is 89.3 Å². The van der Waals surface area contributed by atoms with Crippen molar-refractivity contribution >= 4 is 5.91 Å². The Morgan fingerprint density at radius 1 is 0.750 bits per heavy atom. The highest BCUT2D eigenvalue weighted by Crippen LogP contribution is 2.12. The van der Waals surface area contributed by atoms with E-state index in [9.17, 15) is 4.79 Å². The van der Waals surface area contributed by atoms with Crippen molar-refractivity contribution in [3.05, 3.63) is 35.9 Å².